The number of aliphatic hydroxyl groups excluding tert-OH is 1. The fourth-order valence-electron chi connectivity index (χ4n) is 2.11. The highest BCUT2D eigenvalue weighted by Crippen LogP contribution is 2.24. The quantitative estimate of drug-likeness (QED) is 0.818. The van der Waals surface area contributed by atoms with Crippen molar-refractivity contribution in [2.45, 2.75) is 19.4 Å². The fraction of sp³-hybridized carbons (Fsp3) is 0.500. The van der Waals surface area contributed by atoms with Crippen LogP contribution < -0.4 is 4.90 Å². The van der Waals surface area contributed by atoms with Crippen molar-refractivity contribution in [2.24, 2.45) is 5.92 Å². The topological polar surface area (TPSA) is 73.7 Å². The Hall–Kier alpha value is -1.62. The maximum absolute atomic E-state index is 10.8. The fourth-order valence-corrected chi connectivity index (χ4v) is 2.11. The van der Waals surface area contributed by atoms with Gasteiger partial charge in [0, 0.05) is 19.0 Å². The zero-order valence-corrected chi connectivity index (χ0v) is 9.71. The Morgan fingerprint density at radius 2 is 2.35 bits per heavy atom. The van der Waals surface area contributed by atoms with Crippen molar-refractivity contribution >= 4 is 11.8 Å². The second kappa shape index (κ2) is 4.71. The summed E-state index contributed by atoms with van der Waals surface area (Å²) in [6.45, 7) is 3.33. The molecule has 1 aromatic rings. The van der Waals surface area contributed by atoms with Crippen LogP contribution in [0.15, 0.2) is 18.2 Å². The van der Waals surface area contributed by atoms with E-state index in [0.29, 0.717) is 5.82 Å². The number of hydrogen-bond donors (Lipinski definition) is 2. The Bertz CT molecular complexity index is 420. The molecule has 2 unspecified atom stereocenters. The molecular weight excluding hydrogens is 220 g/mol. The van der Waals surface area contributed by atoms with Gasteiger partial charge in [0.15, 0.2) is 5.69 Å². The molecule has 2 atom stereocenters. The summed E-state index contributed by atoms with van der Waals surface area (Å²) in [4.78, 5) is 16.9. The largest absolute Gasteiger partial charge is 0.477 e. The zero-order valence-electron chi connectivity index (χ0n) is 9.71. The molecule has 1 aromatic heterocycles. The van der Waals surface area contributed by atoms with Crippen molar-refractivity contribution in [2.75, 3.05) is 18.0 Å². The minimum atomic E-state index is -1.02. The Labute approximate surface area is 99.7 Å². The predicted octanol–water partition coefficient (Wildman–Crippen LogP) is 0.987. The molecule has 17 heavy (non-hydrogen) atoms. The number of carboxylic acids is 1. The summed E-state index contributed by atoms with van der Waals surface area (Å²) in [6, 6.07) is 4.98. The highest BCUT2D eigenvalue weighted by molar-refractivity contribution is 5.85. The van der Waals surface area contributed by atoms with Gasteiger partial charge < -0.3 is 15.1 Å². The first-order valence-corrected chi connectivity index (χ1v) is 5.71. The van der Waals surface area contributed by atoms with E-state index in [9.17, 15) is 9.90 Å². The smallest absolute Gasteiger partial charge is 0.354 e. The lowest BCUT2D eigenvalue weighted by Gasteiger charge is -2.18. The van der Waals surface area contributed by atoms with Gasteiger partial charge in [-0.1, -0.05) is 6.07 Å². The molecule has 1 aliphatic rings. The first-order valence-electron chi connectivity index (χ1n) is 5.71. The van der Waals surface area contributed by atoms with Crippen LogP contribution in [0.1, 0.15) is 23.8 Å². The number of carboxylic acid groups (broad SMARTS) is 1. The normalized spacial score (nSPS) is 21.5. The van der Waals surface area contributed by atoms with E-state index in [4.69, 9.17) is 5.11 Å². The highest BCUT2D eigenvalue weighted by atomic mass is 16.4. The third-order valence-corrected chi connectivity index (χ3v) is 3.18. The Balaban J connectivity index is 2.13. The van der Waals surface area contributed by atoms with E-state index < -0.39 is 5.97 Å². The molecule has 0 bridgehead atoms. The second-order valence-corrected chi connectivity index (χ2v) is 4.42. The molecule has 0 aromatic carbocycles. The molecule has 92 valence electrons. The van der Waals surface area contributed by atoms with E-state index in [1.807, 2.05) is 4.90 Å². The predicted molar refractivity (Wildman–Crippen MR) is 63.2 cm³/mol. The lowest BCUT2D eigenvalue weighted by molar-refractivity contribution is 0.0690. The molecular formula is C12H16N2O3. The number of rotatable bonds is 3. The summed E-state index contributed by atoms with van der Waals surface area (Å²) in [5.41, 5.74) is 0.0583. The van der Waals surface area contributed by atoms with Crippen LogP contribution in [-0.4, -0.2) is 40.4 Å². The summed E-state index contributed by atoms with van der Waals surface area (Å²) in [7, 11) is 0. The molecule has 0 radical (unpaired) electrons. The first kappa shape index (κ1) is 11.9. The highest BCUT2D eigenvalue weighted by Gasteiger charge is 2.26. The van der Waals surface area contributed by atoms with Gasteiger partial charge in [0.25, 0.3) is 0 Å². The van der Waals surface area contributed by atoms with Crippen LogP contribution in [0.5, 0.6) is 0 Å². The molecule has 1 fully saturated rings. The lowest BCUT2D eigenvalue weighted by atomic mass is 10.0. The maximum atomic E-state index is 10.8. The van der Waals surface area contributed by atoms with Crippen LogP contribution in [0.3, 0.4) is 0 Å². The summed E-state index contributed by atoms with van der Waals surface area (Å²) < 4.78 is 0. The summed E-state index contributed by atoms with van der Waals surface area (Å²) in [5, 5.41) is 18.4. The summed E-state index contributed by atoms with van der Waals surface area (Å²) >= 11 is 0. The minimum Gasteiger partial charge on any atom is -0.477 e. The average Bonchev–Trinajstić information content (AvgIpc) is 2.78. The number of anilines is 1. The molecule has 1 aliphatic heterocycles. The van der Waals surface area contributed by atoms with Crippen LogP contribution in [-0.2, 0) is 0 Å². The Morgan fingerprint density at radius 3 is 2.94 bits per heavy atom. The number of nitrogens with zero attached hydrogens (tertiary/aromatic N) is 2. The van der Waals surface area contributed by atoms with Crippen LogP contribution in [0.2, 0.25) is 0 Å². The van der Waals surface area contributed by atoms with Crippen LogP contribution >= 0.6 is 0 Å². The third kappa shape index (κ3) is 2.55. The van der Waals surface area contributed by atoms with Crippen LogP contribution in [0.4, 0.5) is 5.82 Å². The van der Waals surface area contributed by atoms with E-state index in [1.54, 1.807) is 19.1 Å². The van der Waals surface area contributed by atoms with Gasteiger partial charge in [0.1, 0.15) is 5.82 Å². The van der Waals surface area contributed by atoms with E-state index in [-0.39, 0.29) is 17.7 Å². The lowest BCUT2D eigenvalue weighted by Crippen LogP contribution is -2.25. The molecule has 5 nitrogen and oxygen atoms in total. The zero-order chi connectivity index (χ0) is 12.4. The van der Waals surface area contributed by atoms with E-state index in [1.165, 1.54) is 6.07 Å². The number of carbonyl (C=O) groups is 1. The number of pyridine rings is 1. The van der Waals surface area contributed by atoms with Crippen molar-refractivity contribution in [3.8, 4) is 0 Å². The molecule has 2 rings (SSSR count). The number of aromatic carboxylic acids is 1. The van der Waals surface area contributed by atoms with Gasteiger partial charge in [-0.05, 0) is 25.5 Å². The van der Waals surface area contributed by atoms with Gasteiger partial charge in [0.2, 0.25) is 0 Å². The second-order valence-electron chi connectivity index (χ2n) is 4.42. The number of aliphatic hydroxyl groups is 1. The minimum absolute atomic E-state index is 0.0583. The standard InChI is InChI=1S/C12H16N2O3/c1-8(15)9-5-6-14(7-9)11-4-2-3-10(13-11)12(16)17/h2-4,8-9,15H,5-7H2,1H3,(H,16,17). The van der Waals surface area contributed by atoms with E-state index in [2.05, 4.69) is 4.98 Å². The SMILES string of the molecule is CC(O)C1CCN(c2cccc(C(=O)O)n2)C1. The van der Waals surface area contributed by atoms with Crippen molar-refractivity contribution in [3.63, 3.8) is 0 Å². The molecule has 0 spiro atoms. The van der Waals surface area contributed by atoms with Gasteiger partial charge in [-0.15, -0.1) is 0 Å². The van der Waals surface area contributed by atoms with E-state index >= 15 is 0 Å². The molecule has 1 saturated heterocycles. The molecule has 2 N–H and O–H groups in total. The Morgan fingerprint density at radius 1 is 1.59 bits per heavy atom. The maximum Gasteiger partial charge on any atom is 0.354 e. The van der Waals surface area contributed by atoms with Gasteiger partial charge in [0.05, 0.1) is 6.10 Å². The van der Waals surface area contributed by atoms with Crippen molar-refractivity contribution in [1.29, 1.82) is 0 Å². The summed E-state index contributed by atoms with van der Waals surface area (Å²) in [6.07, 6.45) is 0.582. The van der Waals surface area contributed by atoms with Gasteiger partial charge in [-0.2, -0.15) is 0 Å². The summed E-state index contributed by atoms with van der Waals surface area (Å²) in [5.74, 6) is -0.101. The molecule has 2 heterocycles. The van der Waals surface area contributed by atoms with Crippen LogP contribution in [0, 0.1) is 5.92 Å². The van der Waals surface area contributed by atoms with Crippen molar-refractivity contribution in [3.05, 3.63) is 23.9 Å². The molecule has 0 amide bonds. The molecule has 0 saturated carbocycles. The van der Waals surface area contributed by atoms with Crippen LogP contribution in [0.25, 0.3) is 0 Å². The van der Waals surface area contributed by atoms with Crippen molar-refractivity contribution < 1.29 is 15.0 Å². The first-order chi connectivity index (χ1) is 8.08. The molecule has 5 heteroatoms. The van der Waals surface area contributed by atoms with Gasteiger partial charge in [-0.3, -0.25) is 0 Å². The molecule has 0 aliphatic carbocycles. The average molecular weight is 236 g/mol. The number of hydrogen-bond acceptors (Lipinski definition) is 4. The van der Waals surface area contributed by atoms with Crippen molar-refractivity contribution in [1.82, 2.24) is 4.98 Å². The number of aromatic nitrogens is 1. The monoisotopic (exact) mass is 236 g/mol. The van der Waals surface area contributed by atoms with Gasteiger partial charge >= 0.3 is 5.97 Å². The van der Waals surface area contributed by atoms with E-state index in [0.717, 1.165) is 19.5 Å². The third-order valence-electron chi connectivity index (χ3n) is 3.18. The Kier molecular flexibility index (Phi) is 3.28. The van der Waals surface area contributed by atoms with Gasteiger partial charge in [-0.25, -0.2) is 9.78 Å².